The summed E-state index contributed by atoms with van der Waals surface area (Å²) in [5, 5.41) is 9.06. The van der Waals surface area contributed by atoms with Gasteiger partial charge in [0, 0.05) is 5.56 Å². The first-order valence-electron chi connectivity index (χ1n) is 5.84. The standard InChI is InChI=1S/C14H11F2N3O/c1-8-3-5-10(6-4-8)12-11(7-17)13(20)19(14(15)16)9(2)18-12/h3-6,14H,1-2H3. The lowest BCUT2D eigenvalue weighted by atomic mass is 10.1. The van der Waals surface area contributed by atoms with Crippen LogP contribution in [0.15, 0.2) is 29.1 Å². The molecule has 0 bridgehead atoms. The molecule has 0 spiro atoms. The molecule has 102 valence electrons. The van der Waals surface area contributed by atoms with Crippen LogP contribution in [0.5, 0.6) is 0 Å². The fourth-order valence-electron chi connectivity index (χ4n) is 1.89. The average molecular weight is 275 g/mol. The first-order chi connectivity index (χ1) is 9.45. The number of aromatic nitrogens is 2. The van der Waals surface area contributed by atoms with E-state index >= 15 is 0 Å². The fraction of sp³-hybridized carbons (Fsp3) is 0.214. The van der Waals surface area contributed by atoms with Crippen LogP contribution in [-0.2, 0) is 0 Å². The summed E-state index contributed by atoms with van der Waals surface area (Å²) in [6.45, 7) is 0.184. The van der Waals surface area contributed by atoms with E-state index in [9.17, 15) is 13.6 Å². The van der Waals surface area contributed by atoms with Crippen molar-refractivity contribution in [3.05, 3.63) is 51.6 Å². The second-order valence-electron chi connectivity index (χ2n) is 4.31. The molecule has 0 fully saturated rings. The van der Waals surface area contributed by atoms with Crippen LogP contribution in [-0.4, -0.2) is 9.55 Å². The Balaban J connectivity index is 2.76. The van der Waals surface area contributed by atoms with Gasteiger partial charge in [0.15, 0.2) is 0 Å². The molecular weight excluding hydrogens is 264 g/mol. The van der Waals surface area contributed by atoms with Gasteiger partial charge in [-0.1, -0.05) is 29.8 Å². The summed E-state index contributed by atoms with van der Waals surface area (Å²) in [6, 6.07) is 8.66. The highest BCUT2D eigenvalue weighted by Gasteiger charge is 2.20. The molecule has 2 aromatic rings. The molecule has 2 rings (SSSR count). The molecule has 20 heavy (non-hydrogen) atoms. The van der Waals surface area contributed by atoms with Crippen LogP contribution < -0.4 is 5.56 Å². The lowest BCUT2D eigenvalue weighted by molar-refractivity contribution is 0.0627. The lowest BCUT2D eigenvalue weighted by Crippen LogP contribution is -2.27. The molecule has 0 saturated heterocycles. The average Bonchev–Trinajstić information content (AvgIpc) is 2.38. The molecule has 0 aliphatic heterocycles. The first-order valence-corrected chi connectivity index (χ1v) is 5.84. The zero-order valence-electron chi connectivity index (χ0n) is 10.9. The molecular formula is C14H11F2N3O. The predicted molar refractivity (Wildman–Crippen MR) is 69.4 cm³/mol. The summed E-state index contributed by atoms with van der Waals surface area (Å²) < 4.78 is 25.8. The third-order valence-corrected chi connectivity index (χ3v) is 2.92. The number of hydrogen-bond acceptors (Lipinski definition) is 3. The van der Waals surface area contributed by atoms with Crippen LogP contribution in [0.25, 0.3) is 11.3 Å². The third-order valence-electron chi connectivity index (χ3n) is 2.92. The number of aryl methyl sites for hydroxylation is 2. The molecule has 0 aliphatic carbocycles. The van der Waals surface area contributed by atoms with E-state index in [4.69, 9.17) is 5.26 Å². The molecule has 1 aromatic carbocycles. The van der Waals surface area contributed by atoms with Gasteiger partial charge in [0.25, 0.3) is 5.56 Å². The van der Waals surface area contributed by atoms with Gasteiger partial charge in [0.1, 0.15) is 17.5 Å². The highest BCUT2D eigenvalue weighted by atomic mass is 19.3. The third kappa shape index (κ3) is 2.30. The van der Waals surface area contributed by atoms with Gasteiger partial charge in [-0.2, -0.15) is 14.0 Å². The Morgan fingerprint density at radius 3 is 2.35 bits per heavy atom. The number of rotatable bonds is 2. The molecule has 0 saturated carbocycles. The van der Waals surface area contributed by atoms with Gasteiger partial charge in [-0.3, -0.25) is 4.79 Å². The van der Waals surface area contributed by atoms with Gasteiger partial charge in [-0.25, -0.2) is 9.55 Å². The summed E-state index contributed by atoms with van der Waals surface area (Å²) in [6.07, 6.45) is 0. The highest BCUT2D eigenvalue weighted by molar-refractivity contribution is 5.66. The van der Waals surface area contributed by atoms with Crippen molar-refractivity contribution in [2.75, 3.05) is 0 Å². The van der Waals surface area contributed by atoms with Crippen LogP contribution in [0.4, 0.5) is 8.78 Å². The lowest BCUT2D eigenvalue weighted by Gasteiger charge is -2.11. The number of nitrogens with zero attached hydrogens (tertiary/aromatic N) is 3. The van der Waals surface area contributed by atoms with Crippen molar-refractivity contribution in [2.24, 2.45) is 0 Å². The van der Waals surface area contributed by atoms with E-state index in [0.29, 0.717) is 5.56 Å². The summed E-state index contributed by atoms with van der Waals surface area (Å²) in [4.78, 5) is 15.9. The number of benzene rings is 1. The SMILES string of the molecule is Cc1ccc(-c2nc(C)n(C(F)F)c(=O)c2C#N)cc1. The number of alkyl halides is 2. The Morgan fingerprint density at radius 2 is 1.85 bits per heavy atom. The fourth-order valence-corrected chi connectivity index (χ4v) is 1.89. The van der Waals surface area contributed by atoms with Crippen LogP contribution in [0, 0.1) is 25.2 Å². The zero-order valence-corrected chi connectivity index (χ0v) is 10.9. The molecule has 0 radical (unpaired) electrons. The van der Waals surface area contributed by atoms with Gasteiger partial charge in [0.2, 0.25) is 0 Å². The molecule has 1 heterocycles. The Morgan fingerprint density at radius 1 is 1.25 bits per heavy atom. The number of hydrogen-bond donors (Lipinski definition) is 0. The molecule has 0 aliphatic rings. The normalized spacial score (nSPS) is 10.6. The monoisotopic (exact) mass is 275 g/mol. The highest BCUT2D eigenvalue weighted by Crippen LogP contribution is 2.21. The minimum absolute atomic E-state index is 0.125. The number of halogens is 2. The second-order valence-corrected chi connectivity index (χ2v) is 4.31. The van der Waals surface area contributed by atoms with E-state index in [-0.39, 0.29) is 21.6 Å². The van der Waals surface area contributed by atoms with Crippen LogP contribution in [0.3, 0.4) is 0 Å². The van der Waals surface area contributed by atoms with Crippen LogP contribution in [0.1, 0.15) is 23.5 Å². The minimum atomic E-state index is -3.02. The van der Waals surface area contributed by atoms with Gasteiger partial charge >= 0.3 is 6.55 Å². The maximum Gasteiger partial charge on any atom is 0.322 e. The topological polar surface area (TPSA) is 58.7 Å². The largest absolute Gasteiger partial charge is 0.322 e. The molecule has 0 N–H and O–H groups in total. The van der Waals surface area contributed by atoms with Crippen LogP contribution in [0.2, 0.25) is 0 Å². The van der Waals surface area contributed by atoms with Gasteiger partial charge in [-0.15, -0.1) is 0 Å². The van der Waals surface area contributed by atoms with Gasteiger partial charge < -0.3 is 0 Å². The summed E-state index contributed by atoms with van der Waals surface area (Å²) in [5.41, 5.74) is 0.288. The van der Waals surface area contributed by atoms with E-state index in [2.05, 4.69) is 4.98 Å². The predicted octanol–water partition coefficient (Wildman–Crippen LogP) is 2.79. The molecule has 0 atom stereocenters. The first kappa shape index (κ1) is 13.9. The van der Waals surface area contributed by atoms with Crippen molar-refractivity contribution in [3.63, 3.8) is 0 Å². The summed E-state index contributed by atoms with van der Waals surface area (Å²) in [7, 11) is 0. The van der Waals surface area contributed by atoms with E-state index in [1.807, 2.05) is 6.92 Å². The summed E-state index contributed by atoms with van der Waals surface area (Å²) >= 11 is 0. The van der Waals surface area contributed by atoms with Crippen LogP contribution >= 0.6 is 0 Å². The molecule has 1 aromatic heterocycles. The van der Waals surface area contributed by atoms with Crippen molar-refractivity contribution < 1.29 is 8.78 Å². The Kier molecular flexibility index (Phi) is 3.61. The van der Waals surface area contributed by atoms with E-state index in [1.165, 1.54) is 6.92 Å². The molecule has 0 amide bonds. The zero-order chi connectivity index (χ0) is 14.9. The minimum Gasteiger partial charge on any atom is -0.268 e. The Bertz CT molecular complexity index is 743. The number of nitriles is 1. The van der Waals surface area contributed by atoms with E-state index in [1.54, 1.807) is 30.3 Å². The van der Waals surface area contributed by atoms with Crippen molar-refractivity contribution in [1.82, 2.24) is 9.55 Å². The smallest absolute Gasteiger partial charge is 0.268 e. The van der Waals surface area contributed by atoms with Crippen molar-refractivity contribution in [1.29, 1.82) is 5.26 Å². The maximum absolute atomic E-state index is 12.8. The Hall–Kier alpha value is -2.55. The van der Waals surface area contributed by atoms with E-state index < -0.39 is 12.1 Å². The van der Waals surface area contributed by atoms with E-state index in [0.717, 1.165) is 5.56 Å². The molecule has 6 heteroatoms. The summed E-state index contributed by atoms with van der Waals surface area (Å²) in [5.74, 6) is -0.125. The van der Waals surface area contributed by atoms with Crippen molar-refractivity contribution in [2.45, 2.75) is 20.4 Å². The maximum atomic E-state index is 12.8. The second kappa shape index (κ2) is 5.21. The Labute approximate surface area is 113 Å². The van der Waals surface area contributed by atoms with Gasteiger partial charge in [0.05, 0.1) is 5.69 Å². The molecule has 4 nitrogen and oxygen atoms in total. The molecule has 0 unspecified atom stereocenters. The van der Waals surface area contributed by atoms with Crippen molar-refractivity contribution in [3.8, 4) is 17.3 Å². The van der Waals surface area contributed by atoms with Gasteiger partial charge in [-0.05, 0) is 13.8 Å². The van der Waals surface area contributed by atoms with Crippen molar-refractivity contribution >= 4 is 0 Å². The quantitative estimate of drug-likeness (QED) is 0.846.